The monoisotopic (exact) mass is 246 g/mol. The Labute approximate surface area is 106 Å². The maximum atomic E-state index is 11.7. The van der Waals surface area contributed by atoms with Gasteiger partial charge in [-0.05, 0) is 19.3 Å². The highest BCUT2D eigenvalue weighted by Crippen LogP contribution is 2.17. The van der Waals surface area contributed by atoms with Crippen molar-refractivity contribution >= 4 is 11.9 Å². The lowest BCUT2D eigenvalue weighted by atomic mass is 9.97. The average molecular weight is 246 g/mol. The van der Waals surface area contributed by atoms with E-state index >= 15 is 0 Å². The highest BCUT2D eigenvalue weighted by atomic mass is 16.1. The average Bonchev–Trinajstić information content (AvgIpc) is 2.82. The summed E-state index contributed by atoms with van der Waals surface area (Å²) in [6.45, 7) is 0. The molecule has 5 heteroatoms. The maximum absolute atomic E-state index is 11.7. The Hall–Kier alpha value is -1.88. The van der Waals surface area contributed by atoms with E-state index in [9.17, 15) is 4.79 Å². The Kier molecular flexibility index (Phi) is 4.30. The molecule has 0 aliphatic heterocycles. The third-order valence-electron chi connectivity index (χ3n) is 2.83. The molecule has 0 saturated heterocycles. The van der Waals surface area contributed by atoms with E-state index in [1.807, 2.05) is 0 Å². The van der Waals surface area contributed by atoms with E-state index in [-0.39, 0.29) is 11.9 Å². The van der Waals surface area contributed by atoms with Crippen molar-refractivity contribution in [2.45, 2.75) is 31.7 Å². The van der Waals surface area contributed by atoms with Crippen LogP contribution >= 0.6 is 0 Å². The molecule has 0 aromatic carbocycles. The number of allylic oxidation sites excluding steroid dienone is 3. The van der Waals surface area contributed by atoms with Crippen LogP contribution < -0.4 is 11.1 Å². The quantitative estimate of drug-likeness (QED) is 0.739. The second-order valence-electron chi connectivity index (χ2n) is 4.45. The van der Waals surface area contributed by atoms with Crippen molar-refractivity contribution in [3.63, 3.8) is 0 Å². The van der Waals surface area contributed by atoms with Gasteiger partial charge in [-0.2, -0.15) is 0 Å². The zero-order valence-corrected chi connectivity index (χ0v) is 10.2. The van der Waals surface area contributed by atoms with Gasteiger partial charge in [0.2, 0.25) is 11.9 Å². The molecule has 1 aromatic heterocycles. The Balaban J connectivity index is 1.76. The molecule has 1 aromatic rings. The third kappa shape index (κ3) is 3.85. The summed E-state index contributed by atoms with van der Waals surface area (Å²) in [7, 11) is 0. The van der Waals surface area contributed by atoms with Crippen molar-refractivity contribution in [1.82, 2.24) is 9.97 Å². The van der Waals surface area contributed by atoms with Crippen LogP contribution in [0.3, 0.4) is 0 Å². The van der Waals surface area contributed by atoms with Crippen molar-refractivity contribution < 1.29 is 4.79 Å². The molecule has 0 spiro atoms. The molecule has 1 aliphatic carbocycles. The van der Waals surface area contributed by atoms with E-state index in [0.717, 1.165) is 19.3 Å². The summed E-state index contributed by atoms with van der Waals surface area (Å²) in [6.07, 6.45) is 12.7. The first-order valence-electron chi connectivity index (χ1n) is 6.13. The number of anilines is 1. The number of aromatic nitrogens is 2. The Bertz CT molecular complexity index is 448. The number of rotatable bonds is 5. The molecular weight excluding hydrogens is 228 g/mol. The Morgan fingerprint density at radius 2 is 2.50 bits per heavy atom. The van der Waals surface area contributed by atoms with Crippen molar-refractivity contribution in [2.24, 2.45) is 5.73 Å². The normalized spacial score (nSPS) is 16.2. The molecule has 2 rings (SSSR count). The van der Waals surface area contributed by atoms with E-state index in [1.54, 1.807) is 12.4 Å². The standard InChI is InChI=1S/C13H18N4O/c14-11(8-10-4-2-1-3-5-10)9-12(18)17-13-15-6-7-16-13/h1-2,4,6-7,11H,3,5,8-9,14H2,(H2,15,16,17,18)/t11-/m0/s1. The largest absolute Gasteiger partial charge is 0.331 e. The van der Waals surface area contributed by atoms with E-state index in [2.05, 4.69) is 33.5 Å². The molecule has 0 saturated carbocycles. The topological polar surface area (TPSA) is 83.8 Å². The van der Waals surface area contributed by atoms with Gasteiger partial charge < -0.3 is 10.7 Å². The molecule has 1 amide bonds. The molecule has 0 unspecified atom stereocenters. The van der Waals surface area contributed by atoms with Crippen LogP contribution in [0.1, 0.15) is 25.7 Å². The zero-order valence-electron chi connectivity index (χ0n) is 10.2. The molecule has 1 heterocycles. The van der Waals surface area contributed by atoms with Gasteiger partial charge in [0.15, 0.2) is 0 Å². The maximum Gasteiger partial charge on any atom is 0.228 e. The zero-order chi connectivity index (χ0) is 12.8. The number of hydrogen-bond acceptors (Lipinski definition) is 3. The highest BCUT2D eigenvalue weighted by molar-refractivity contribution is 5.89. The predicted octanol–water partition coefficient (Wildman–Crippen LogP) is 1.73. The van der Waals surface area contributed by atoms with Gasteiger partial charge in [-0.25, -0.2) is 4.98 Å². The molecule has 96 valence electrons. The second-order valence-corrected chi connectivity index (χ2v) is 4.45. The smallest absolute Gasteiger partial charge is 0.228 e. The van der Waals surface area contributed by atoms with Gasteiger partial charge >= 0.3 is 0 Å². The minimum Gasteiger partial charge on any atom is -0.331 e. The molecule has 0 bridgehead atoms. The lowest BCUT2D eigenvalue weighted by Crippen LogP contribution is -2.28. The third-order valence-corrected chi connectivity index (χ3v) is 2.83. The van der Waals surface area contributed by atoms with Gasteiger partial charge in [0.05, 0.1) is 0 Å². The van der Waals surface area contributed by atoms with Crippen molar-refractivity contribution in [3.05, 3.63) is 36.2 Å². The van der Waals surface area contributed by atoms with Gasteiger partial charge in [0.25, 0.3) is 0 Å². The Morgan fingerprint density at radius 1 is 1.61 bits per heavy atom. The molecule has 18 heavy (non-hydrogen) atoms. The summed E-state index contributed by atoms with van der Waals surface area (Å²) in [5.74, 6) is 0.358. The minimum absolute atomic E-state index is 0.107. The van der Waals surface area contributed by atoms with Crippen molar-refractivity contribution in [3.8, 4) is 0 Å². The second kappa shape index (κ2) is 6.16. The van der Waals surface area contributed by atoms with Gasteiger partial charge in [-0.15, -0.1) is 0 Å². The number of aromatic amines is 1. The lowest BCUT2D eigenvalue weighted by Gasteiger charge is -2.14. The number of nitrogens with one attached hydrogen (secondary N) is 2. The van der Waals surface area contributed by atoms with Crippen LogP contribution in [0.2, 0.25) is 0 Å². The number of carbonyl (C=O) groups is 1. The van der Waals surface area contributed by atoms with Crippen molar-refractivity contribution in [1.29, 1.82) is 0 Å². The first kappa shape index (κ1) is 12.6. The number of carbonyl (C=O) groups excluding carboxylic acids is 1. The summed E-state index contributed by atoms with van der Waals surface area (Å²) >= 11 is 0. The van der Waals surface area contributed by atoms with Gasteiger partial charge in [-0.1, -0.05) is 23.8 Å². The van der Waals surface area contributed by atoms with Crippen LogP contribution in [0.4, 0.5) is 5.95 Å². The van der Waals surface area contributed by atoms with Crippen LogP contribution in [-0.4, -0.2) is 21.9 Å². The molecule has 0 fully saturated rings. The summed E-state index contributed by atoms with van der Waals surface area (Å²) < 4.78 is 0. The Morgan fingerprint density at radius 3 is 3.17 bits per heavy atom. The van der Waals surface area contributed by atoms with E-state index in [0.29, 0.717) is 12.4 Å². The SMILES string of the molecule is N[C@H](CC(=O)Nc1ncc[nH]1)CC1=CC=CCC1. The number of hydrogen-bond donors (Lipinski definition) is 3. The molecule has 5 nitrogen and oxygen atoms in total. The fourth-order valence-corrected chi connectivity index (χ4v) is 1.99. The summed E-state index contributed by atoms with van der Waals surface area (Å²) in [6, 6.07) is -0.141. The van der Waals surface area contributed by atoms with Gasteiger partial charge in [0.1, 0.15) is 0 Å². The first-order valence-corrected chi connectivity index (χ1v) is 6.13. The van der Waals surface area contributed by atoms with E-state index < -0.39 is 0 Å². The number of nitrogens with zero attached hydrogens (tertiary/aromatic N) is 1. The van der Waals surface area contributed by atoms with Crippen LogP contribution in [0.5, 0.6) is 0 Å². The van der Waals surface area contributed by atoms with E-state index in [1.165, 1.54) is 5.57 Å². The van der Waals surface area contributed by atoms with Crippen molar-refractivity contribution in [2.75, 3.05) is 5.32 Å². The minimum atomic E-state index is -0.141. The highest BCUT2D eigenvalue weighted by Gasteiger charge is 2.12. The van der Waals surface area contributed by atoms with Crippen LogP contribution in [-0.2, 0) is 4.79 Å². The van der Waals surface area contributed by atoms with Crippen LogP contribution in [0.15, 0.2) is 36.2 Å². The van der Waals surface area contributed by atoms with E-state index in [4.69, 9.17) is 5.73 Å². The number of amides is 1. The number of H-pyrrole nitrogens is 1. The lowest BCUT2D eigenvalue weighted by molar-refractivity contribution is -0.116. The molecular formula is C13H18N4O. The summed E-state index contributed by atoms with van der Waals surface area (Å²) in [4.78, 5) is 18.4. The van der Waals surface area contributed by atoms with Crippen LogP contribution in [0.25, 0.3) is 0 Å². The predicted molar refractivity (Wildman–Crippen MR) is 70.9 cm³/mol. The molecule has 0 radical (unpaired) electrons. The van der Waals surface area contributed by atoms with Gasteiger partial charge in [0, 0.05) is 24.9 Å². The summed E-state index contributed by atoms with van der Waals surface area (Å²) in [5.41, 5.74) is 7.29. The summed E-state index contributed by atoms with van der Waals surface area (Å²) in [5, 5.41) is 2.67. The van der Waals surface area contributed by atoms with Crippen LogP contribution in [0, 0.1) is 0 Å². The number of imidazole rings is 1. The fraction of sp³-hybridized carbons (Fsp3) is 0.385. The van der Waals surface area contributed by atoms with Gasteiger partial charge in [-0.3, -0.25) is 10.1 Å². The molecule has 4 N–H and O–H groups in total. The fourth-order valence-electron chi connectivity index (χ4n) is 1.99. The first-order chi connectivity index (χ1) is 8.74. The molecule has 1 atom stereocenters. The molecule has 1 aliphatic rings. The number of nitrogens with two attached hydrogens (primary N) is 1.